The van der Waals surface area contributed by atoms with E-state index < -0.39 is 5.91 Å². The predicted octanol–water partition coefficient (Wildman–Crippen LogP) is 1.69. The number of fused-ring (bicyclic) bond motifs is 1. The van der Waals surface area contributed by atoms with Crippen LogP contribution in [0.25, 0.3) is 0 Å². The zero-order chi connectivity index (χ0) is 22.6. The van der Waals surface area contributed by atoms with Crippen molar-refractivity contribution < 1.29 is 14.2 Å². The molecule has 9 nitrogen and oxygen atoms in total. The van der Waals surface area contributed by atoms with Gasteiger partial charge in [0.25, 0.3) is 17.6 Å². The molecule has 0 fully saturated rings. The summed E-state index contributed by atoms with van der Waals surface area (Å²) < 4.78 is -0.187. The molecule has 158 valence electrons. The van der Waals surface area contributed by atoms with Gasteiger partial charge in [0.15, 0.2) is 0 Å². The average Bonchev–Trinajstić information content (AvgIpc) is 3.11. The van der Waals surface area contributed by atoms with Gasteiger partial charge in [-0.25, -0.2) is 4.98 Å². The molecule has 0 saturated carbocycles. The minimum Gasteiger partial charge on any atom is -0.339 e. The first kappa shape index (κ1) is 20.9. The van der Waals surface area contributed by atoms with Crippen LogP contribution in [-0.4, -0.2) is 40.0 Å². The Morgan fingerprint density at radius 3 is 2.69 bits per heavy atom. The molecule has 1 unspecified atom stereocenters. The van der Waals surface area contributed by atoms with Crippen LogP contribution in [0.4, 0.5) is 5.82 Å². The molecule has 0 bridgehead atoms. The van der Waals surface area contributed by atoms with Crippen molar-refractivity contribution >= 4 is 29.7 Å². The first-order valence-electron chi connectivity index (χ1n) is 9.76. The fraction of sp³-hybridized carbons (Fsp3) is 0.0870. The third-order valence-electron chi connectivity index (χ3n) is 4.84. The number of carbonyl (C=O) groups is 2. The average molecular weight is 426 g/mol. The predicted molar refractivity (Wildman–Crippen MR) is 121 cm³/mol. The fourth-order valence-electron chi connectivity index (χ4n) is 3.30. The van der Waals surface area contributed by atoms with Crippen molar-refractivity contribution in [1.29, 1.82) is 0 Å². The number of benzene rings is 1. The Labute approximate surface area is 184 Å². The molecule has 4 N–H and O–H groups in total. The number of nitrogens with zero attached hydrogens (tertiary/aromatic N) is 4. The monoisotopic (exact) mass is 426 g/mol. The highest BCUT2D eigenvalue weighted by Gasteiger charge is 2.43. The number of pyridine rings is 1. The van der Waals surface area contributed by atoms with Crippen molar-refractivity contribution in [2.75, 3.05) is 11.9 Å². The number of nitrogens with two attached hydrogens (primary N) is 1. The highest BCUT2D eigenvalue weighted by molar-refractivity contribution is 6.05. The van der Waals surface area contributed by atoms with Crippen LogP contribution in [0, 0.1) is 11.8 Å². The summed E-state index contributed by atoms with van der Waals surface area (Å²) in [5.41, 5.74) is 2.42. The smallest absolute Gasteiger partial charge is 0.296 e. The molecule has 2 aliphatic heterocycles. The van der Waals surface area contributed by atoms with Crippen LogP contribution in [0.1, 0.15) is 22.8 Å². The fourth-order valence-corrected chi connectivity index (χ4v) is 3.30. The van der Waals surface area contributed by atoms with Crippen LogP contribution in [0.3, 0.4) is 0 Å². The first-order valence-corrected chi connectivity index (χ1v) is 9.76. The lowest BCUT2D eigenvalue weighted by atomic mass is 10.1. The van der Waals surface area contributed by atoms with Gasteiger partial charge in [-0.05, 0) is 49.2 Å². The van der Waals surface area contributed by atoms with Gasteiger partial charge in [0.2, 0.25) is 5.70 Å². The summed E-state index contributed by atoms with van der Waals surface area (Å²) in [4.78, 5) is 37.2. The number of amides is 2. The summed E-state index contributed by atoms with van der Waals surface area (Å²) in [6.07, 6.45) is 6.53. The zero-order valence-electron chi connectivity index (χ0n) is 17.2. The van der Waals surface area contributed by atoms with Crippen LogP contribution in [0.5, 0.6) is 0 Å². The lowest BCUT2D eigenvalue weighted by Crippen LogP contribution is -2.53. The van der Waals surface area contributed by atoms with Gasteiger partial charge in [0.05, 0.1) is 24.5 Å². The lowest BCUT2D eigenvalue weighted by molar-refractivity contribution is -0.750. The molecule has 0 saturated heterocycles. The largest absolute Gasteiger partial charge is 0.339 e. The third-order valence-corrected chi connectivity index (χ3v) is 4.84. The second-order valence-electron chi connectivity index (χ2n) is 6.93. The van der Waals surface area contributed by atoms with Gasteiger partial charge in [-0.1, -0.05) is 12.0 Å². The Morgan fingerprint density at radius 2 is 1.97 bits per heavy atom. The molecule has 0 radical (unpaired) electrons. The number of carbonyl (C=O) groups excluding carboxylic acids is 2. The van der Waals surface area contributed by atoms with E-state index in [1.54, 1.807) is 74.2 Å². The Balaban J connectivity index is 1.57. The van der Waals surface area contributed by atoms with E-state index in [2.05, 4.69) is 37.4 Å². The number of rotatable bonds is 5. The van der Waals surface area contributed by atoms with Gasteiger partial charge < -0.3 is 10.6 Å². The maximum absolute atomic E-state index is 12.5. The van der Waals surface area contributed by atoms with E-state index in [0.717, 1.165) is 5.56 Å². The van der Waals surface area contributed by atoms with E-state index in [0.29, 0.717) is 28.6 Å². The molecule has 1 aromatic heterocycles. The molecule has 3 heterocycles. The minimum absolute atomic E-state index is 0.161. The molecule has 1 aromatic carbocycles. The quantitative estimate of drug-likeness (QED) is 0.383. The van der Waals surface area contributed by atoms with E-state index in [1.807, 2.05) is 0 Å². The SMILES string of the molecule is CC#CC(=O)NCC1=C2C=NC=C[N+]2(N)C(c2ccc(C(=O)Nc3ccccn3)cc2)=N1. The summed E-state index contributed by atoms with van der Waals surface area (Å²) in [5, 5.41) is 5.46. The number of hydrogen-bond acceptors (Lipinski definition) is 6. The van der Waals surface area contributed by atoms with E-state index in [9.17, 15) is 9.59 Å². The van der Waals surface area contributed by atoms with Crippen molar-refractivity contribution in [2.45, 2.75) is 6.92 Å². The van der Waals surface area contributed by atoms with Gasteiger partial charge in [0, 0.05) is 11.8 Å². The van der Waals surface area contributed by atoms with Crippen LogP contribution < -0.4 is 16.5 Å². The second-order valence-corrected chi connectivity index (χ2v) is 6.93. The Bertz CT molecular complexity index is 1250. The number of aliphatic imine (C=N–C) groups is 2. The van der Waals surface area contributed by atoms with Gasteiger partial charge in [0.1, 0.15) is 17.7 Å². The summed E-state index contributed by atoms with van der Waals surface area (Å²) in [7, 11) is 0. The molecular weight excluding hydrogens is 406 g/mol. The van der Waals surface area contributed by atoms with Crippen LogP contribution in [0.15, 0.2) is 82.4 Å². The molecule has 1 atom stereocenters. The summed E-state index contributed by atoms with van der Waals surface area (Å²) in [6.45, 7) is 1.75. The zero-order valence-corrected chi connectivity index (χ0v) is 17.2. The standard InChI is InChI=1S/C23H19N7O2/c1-2-5-21(31)27-14-18-19-15-25-12-13-30(19,24)22(28-18)16-7-9-17(10-8-16)23(32)29-20-6-3-4-11-26-20/h3-4,6-13,15H,14,24H2,1H3,(H-,26,27,29,31,32)/p+1. The molecule has 0 aliphatic carbocycles. The Kier molecular flexibility index (Phi) is 5.72. The number of anilines is 1. The van der Waals surface area contributed by atoms with E-state index in [1.165, 1.54) is 0 Å². The number of amidine groups is 1. The van der Waals surface area contributed by atoms with Crippen molar-refractivity contribution in [2.24, 2.45) is 15.8 Å². The minimum atomic E-state index is -0.397. The van der Waals surface area contributed by atoms with Crippen LogP contribution >= 0.6 is 0 Å². The number of aromatic nitrogens is 1. The van der Waals surface area contributed by atoms with Crippen molar-refractivity contribution in [3.63, 3.8) is 0 Å². The maximum atomic E-state index is 12.5. The maximum Gasteiger partial charge on any atom is 0.296 e. The third kappa shape index (κ3) is 4.09. The highest BCUT2D eigenvalue weighted by Crippen LogP contribution is 2.30. The molecule has 2 aromatic rings. The second kappa shape index (κ2) is 8.77. The summed E-state index contributed by atoms with van der Waals surface area (Å²) in [6, 6.07) is 12.2. The van der Waals surface area contributed by atoms with Crippen molar-refractivity contribution in [3.05, 3.63) is 83.6 Å². The normalized spacial score (nSPS) is 18.4. The van der Waals surface area contributed by atoms with E-state index in [4.69, 9.17) is 5.84 Å². The lowest BCUT2D eigenvalue weighted by Gasteiger charge is -2.26. The first-order chi connectivity index (χ1) is 15.5. The summed E-state index contributed by atoms with van der Waals surface area (Å²) in [5.74, 6) is 12.0. The Morgan fingerprint density at radius 1 is 1.16 bits per heavy atom. The molecule has 2 aliphatic rings. The molecule has 9 heteroatoms. The number of hydrogen-bond donors (Lipinski definition) is 3. The van der Waals surface area contributed by atoms with Gasteiger partial charge in [-0.15, -0.1) is 4.59 Å². The van der Waals surface area contributed by atoms with Gasteiger partial charge >= 0.3 is 0 Å². The highest BCUT2D eigenvalue weighted by atomic mass is 16.2. The van der Waals surface area contributed by atoms with Gasteiger partial charge in [-0.3, -0.25) is 14.6 Å². The van der Waals surface area contributed by atoms with E-state index in [-0.39, 0.29) is 17.0 Å². The molecule has 32 heavy (non-hydrogen) atoms. The van der Waals surface area contributed by atoms with Crippen molar-refractivity contribution in [1.82, 2.24) is 10.3 Å². The number of nitrogens with one attached hydrogen (secondary N) is 2. The topological polar surface area (TPSA) is 122 Å². The molecule has 0 spiro atoms. The van der Waals surface area contributed by atoms with E-state index >= 15 is 0 Å². The van der Waals surface area contributed by atoms with Gasteiger partial charge in [-0.2, -0.15) is 10.8 Å². The number of allylic oxidation sites excluding steroid dienone is 1. The molecule has 2 amide bonds. The van der Waals surface area contributed by atoms with Crippen LogP contribution in [-0.2, 0) is 4.79 Å². The molecular formula is C23H20N7O2+. The summed E-state index contributed by atoms with van der Waals surface area (Å²) >= 11 is 0. The van der Waals surface area contributed by atoms with Crippen molar-refractivity contribution in [3.8, 4) is 11.8 Å². The van der Waals surface area contributed by atoms with Crippen LogP contribution in [0.2, 0.25) is 0 Å². The Hall–Kier alpha value is -4.39. The molecule has 4 rings (SSSR count). The number of quaternary nitrogens is 1.